The van der Waals surface area contributed by atoms with Gasteiger partial charge < -0.3 is 10.6 Å². The van der Waals surface area contributed by atoms with Crippen molar-refractivity contribution in [2.24, 2.45) is 0 Å². The molecule has 2 N–H and O–H groups in total. The van der Waals surface area contributed by atoms with Crippen LogP contribution in [-0.2, 0) is 9.59 Å². The first-order chi connectivity index (χ1) is 14.0. The molecule has 1 aromatic carbocycles. The van der Waals surface area contributed by atoms with Crippen LogP contribution in [0.25, 0.3) is 0 Å². The molecule has 29 heavy (non-hydrogen) atoms. The van der Waals surface area contributed by atoms with E-state index in [0.29, 0.717) is 31.6 Å². The average Bonchev–Trinajstić information content (AvgIpc) is 3.49. The summed E-state index contributed by atoms with van der Waals surface area (Å²) in [7, 11) is 0. The molecule has 5 heteroatoms. The van der Waals surface area contributed by atoms with E-state index in [1.54, 1.807) is 0 Å². The van der Waals surface area contributed by atoms with Crippen molar-refractivity contribution in [3.63, 3.8) is 0 Å². The third-order valence-corrected chi connectivity index (χ3v) is 6.17. The molecule has 2 amide bonds. The molecule has 0 aliphatic heterocycles. The molecule has 0 radical (unpaired) electrons. The van der Waals surface area contributed by atoms with Crippen molar-refractivity contribution >= 4 is 17.5 Å². The van der Waals surface area contributed by atoms with Gasteiger partial charge in [-0.05, 0) is 56.7 Å². The van der Waals surface area contributed by atoms with Gasteiger partial charge in [0, 0.05) is 30.7 Å². The molecule has 1 aromatic rings. The van der Waals surface area contributed by atoms with Gasteiger partial charge >= 0.3 is 0 Å². The number of nitrogens with zero attached hydrogens (tertiary/aromatic N) is 1. The Kier molecular flexibility index (Phi) is 8.10. The maximum Gasteiger partial charge on any atom is 0.238 e. The number of amides is 2. The monoisotopic (exact) mass is 399 g/mol. The van der Waals surface area contributed by atoms with Crippen molar-refractivity contribution in [2.75, 3.05) is 18.4 Å². The summed E-state index contributed by atoms with van der Waals surface area (Å²) in [5.74, 6) is 0.141. The second-order valence-electron chi connectivity index (χ2n) is 8.93. The summed E-state index contributed by atoms with van der Waals surface area (Å²) < 4.78 is 0. The molecule has 0 heterocycles. The Hall–Kier alpha value is -1.88. The molecule has 2 saturated carbocycles. The Balaban J connectivity index is 1.45. The van der Waals surface area contributed by atoms with Crippen LogP contribution < -0.4 is 10.6 Å². The number of carbonyl (C=O) groups excluding carboxylic acids is 2. The summed E-state index contributed by atoms with van der Waals surface area (Å²) in [5.41, 5.74) is 3.09. The van der Waals surface area contributed by atoms with Crippen LogP contribution in [0.1, 0.15) is 75.3 Å². The number of hydrogen-bond donors (Lipinski definition) is 2. The Labute approximate surface area is 175 Å². The molecule has 0 atom stereocenters. The summed E-state index contributed by atoms with van der Waals surface area (Å²) in [4.78, 5) is 27.3. The van der Waals surface area contributed by atoms with Gasteiger partial charge in [0.1, 0.15) is 0 Å². The largest absolute Gasteiger partial charge is 0.353 e. The SMILES string of the molecule is Cc1ccc(C)c(NC(=O)CN(CCC(=O)NC2CCCCCCC2)C2CC2)c1. The molecule has 0 bridgehead atoms. The molecular weight excluding hydrogens is 362 g/mol. The van der Waals surface area contributed by atoms with E-state index in [0.717, 1.165) is 42.5 Å². The highest BCUT2D eigenvalue weighted by Gasteiger charge is 2.30. The summed E-state index contributed by atoms with van der Waals surface area (Å²) in [6.07, 6.45) is 11.3. The van der Waals surface area contributed by atoms with Crippen molar-refractivity contribution in [2.45, 2.75) is 90.1 Å². The lowest BCUT2D eigenvalue weighted by Crippen LogP contribution is -2.40. The minimum absolute atomic E-state index is 0.00558. The maximum atomic E-state index is 12.6. The Morgan fingerprint density at radius 2 is 1.66 bits per heavy atom. The van der Waals surface area contributed by atoms with Gasteiger partial charge in [-0.15, -0.1) is 0 Å². The van der Waals surface area contributed by atoms with E-state index in [9.17, 15) is 9.59 Å². The average molecular weight is 400 g/mol. The molecule has 160 valence electrons. The smallest absolute Gasteiger partial charge is 0.238 e. The number of anilines is 1. The van der Waals surface area contributed by atoms with Crippen LogP contribution in [0, 0.1) is 13.8 Å². The molecule has 3 rings (SSSR count). The van der Waals surface area contributed by atoms with Crippen LogP contribution >= 0.6 is 0 Å². The summed E-state index contributed by atoms with van der Waals surface area (Å²) in [6.45, 7) is 5.05. The first kappa shape index (κ1) is 21.8. The van der Waals surface area contributed by atoms with Crippen molar-refractivity contribution in [1.29, 1.82) is 0 Å². The molecule has 0 unspecified atom stereocenters. The number of benzene rings is 1. The molecule has 0 aromatic heterocycles. The Bertz CT molecular complexity index is 691. The van der Waals surface area contributed by atoms with Crippen LogP contribution in [-0.4, -0.2) is 41.9 Å². The van der Waals surface area contributed by atoms with E-state index in [1.165, 1.54) is 32.1 Å². The lowest BCUT2D eigenvalue weighted by Gasteiger charge is -2.24. The van der Waals surface area contributed by atoms with Crippen molar-refractivity contribution in [3.8, 4) is 0 Å². The summed E-state index contributed by atoms with van der Waals surface area (Å²) in [5, 5.41) is 6.29. The molecular formula is C24H37N3O2. The van der Waals surface area contributed by atoms with E-state index >= 15 is 0 Å². The number of aryl methyl sites for hydroxylation is 2. The number of nitrogens with one attached hydrogen (secondary N) is 2. The highest BCUT2D eigenvalue weighted by molar-refractivity contribution is 5.93. The predicted octanol–water partition coefficient (Wildman–Crippen LogP) is 4.33. The zero-order chi connectivity index (χ0) is 20.6. The highest BCUT2D eigenvalue weighted by atomic mass is 16.2. The number of hydrogen-bond acceptors (Lipinski definition) is 3. The Morgan fingerprint density at radius 1 is 0.966 bits per heavy atom. The van der Waals surface area contributed by atoms with Crippen LogP contribution in [0.3, 0.4) is 0 Å². The van der Waals surface area contributed by atoms with Crippen molar-refractivity contribution in [3.05, 3.63) is 29.3 Å². The Morgan fingerprint density at radius 3 is 2.34 bits per heavy atom. The van der Waals surface area contributed by atoms with Crippen LogP contribution in [0.2, 0.25) is 0 Å². The van der Waals surface area contributed by atoms with Gasteiger partial charge in [0.25, 0.3) is 0 Å². The maximum absolute atomic E-state index is 12.6. The van der Waals surface area contributed by atoms with Gasteiger partial charge in [0.05, 0.1) is 6.54 Å². The fraction of sp³-hybridized carbons (Fsp3) is 0.667. The summed E-state index contributed by atoms with van der Waals surface area (Å²) in [6, 6.07) is 6.88. The van der Waals surface area contributed by atoms with E-state index in [1.807, 2.05) is 26.0 Å². The van der Waals surface area contributed by atoms with Crippen LogP contribution in [0.15, 0.2) is 18.2 Å². The fourth-order valence-electron chi connectivity index (χ4n) is 4.22. The van der Waals surface area contributed by atoms with Crippen LogP contribution in [0.5, 0.6) is 0 Å². The van der Waals surface area contributed by atoms with E-state index in [-0.39, 0.29) is 11.8 Å². The number of rotatable bonds is 8. The van der Waals surface area contributed by atoms with Crippen molar-refractivity contribution in [1.82, 2.24) is 10.2 Å². The van der Waals surface area contributed by atoms with Crippen LogP contribution in [0.4, 0.5) is 5.69 Å². The van der Waals surface area contributed by atoms with Gasteiger partial charge in [0.2, 0.25) is 11.8 Å². The first-order valence-electron chi connectivity index (χ1n) is 11.4. The minimum Gasteiger partial charge on any atom is -0.353 e. The van der Waals surface area contributed by atoms with Gasteiger partial charge in [-0.3, -0.25) is 14.5 Å². The van der Waals surface area contributed by atoms with Gasteiger partial charge in [-0.25, -0.2) is 0 Å². The van der Waals surface area contributed by atoms with E-state index in [2.05, 4.69) is 21.6 Å². The lowest BCUT2D eigenvalue weighted by molar-refractivity contribution is -0.123. The zero-order valence-corrected chi connectivity index (χ0v) is 18.1. The summed E-state index contributed by atoms with van der Waals surface area (Å²) >= 11 is 0. The molecule has 0 saturated heterocycles. The zero-order valence-electron chi connectivity index (χ0n) is 18.1. The topological polar surface area (TPSA) is 61.4 Å². The van der Waals surface area contributed by atoms with E-state index in [4.69, 9.17) is 0 Å². The minimum atomic E-state index is 0.00558. The second-order valence-corrected chi connectivity index (χ2v) is 8.93. The quantitative estimate of drug-likeness (QED) is 0.684. The molecule has 2 fully saturated rings. The number of carbonyl (C=O) groups is 2. The fourth-order valence-corrected chi connectivity index (χ4v) is 4.22. The molecule has 2 aliphatic rings. The van der Waals surface area contributed by atoms with Gasteiger partial charge in [0.15, 0.2) is 0 Å². The third-order valence-electron chi connectivity index (χ3n) is 6.17. The van der Waals surface area contributed by atoms with Gasteiger partial charge in [-0.1, -0.05) is 44.2 Å². The van der Waals surface area contributed by atoms with Gasteiger partial charge in [-0.2, -0.15) is 0 Å². The predicted molar refractivity (Wildman–Crippen MR) is 118 cm³/mol. The van der Waals surface area contributed by atoms with Crippen molar-refractivity contribution < 1.29 is 9.59 Å². The molecule has 0 spiro atoms. The third kappa shape index (κ3) is 7.46. The standard InChI is InChI=1S/C24H37N3O2/c1-18-10-11-19(2)22(16-18)26-24(29)17-27(21-12-13-21)15-14-23(28)25-20-8-6-4-3-5-7-9-20/h10-11,16,20-21H,3-9,12-15,17H2,1-2H3,(H,25,28)(H,26,29). The first-order valence-corrected chi connectivity index (χ1v) is 11.4. The second kappa shape index (κ2) is 10.8. The highest BCUT2D eigenvalue weighted by Crippen LogP contribution is 2.27. The van der Waals surface area contributed by atoms with E-state index < -0.39 is 0 Å². The molecule has 5 nitrogen and oxygen atoms in total. The lowest BCUT2D eigenvalue weighted by atomic mass is 9.96. The molecule has 2 aliphatic carbocycles. The normalized spacial score (nSPS) is 18.2.